The number of nitrogens with zero attached hydrogens (tertiary/aromatic N) is 2. The average molecular weight is 417 g/mol. The standard InChI is InChI=1S/C18H20Cl2F2N4O/c1-2-23-18(25-8-6-14-5-3-4-7-24-14)26-11-12-9-13(19)10-15(20)16(12)27-17(21)22/h3-5,7,9-10,17H,2,6,8,11H2,1H3,(H2,23,25,26). The molecule has 0 aliphatic carbocycles. The number of alkyl halides is 2. The number of pyridine rings is 1. The van der Waals surface area contributed by atoms with Crippen LogP contribution in [0.1, 0.15) is 18.2 Å². The van der Waals surface area contributed by atoms with Gasteiger partial charge in [-0.25, -0.2) is 4.99 Å². The first-order valence-electron chi connectivity index (χ1n) is 8.34. The Morgan fingerprint density at radius 3 is 2.74 bits per heavy atom. The zero-order chi connectivity index (χ0) is 19.6. The van der Waals surface area contributed by atoms with Gasteiger partial charge < -0.3 is 15.4 Å². The van der Waals surface area contributed by atoms with Gasteiger partial charge in [0, 0.05) is 42.0 Å². The first-order valence-corrected chi connectivity index (χ1v) is 9.10. The second kappa shape index (κ2) is 10.9. The molecule has 1 aromatic carbocycles. The van der Waals surface area contributed by atoms with Gasteiger partial charge in [0.2, 0.25) is 0 Å². The molecule has 0 atom stereocenters. The third-order valence-electron chi connectivity index (χ3n) is 3.44. The number of nitrogens with one attached hydrogen (secondary N) is 2. The third-order valence-corrected chi connectivity index (χ3v) is 3.94. The summed E-state index contributed by atoms with van der Waals surface area (Å²) in [7, 11) is 0. The molecule has 1 heterocycles. The molecule has 5 nitrogen and oxygen atoms in total. The van der Waals surface area contributed by atoms with E-state index in [1.807, 2.05) is 25.1 Å². The zero-order valence-corrected chi connectivity index (χ0v) is 16.2. The first kappa shape index (κ1) is 21.2. The van der Waals surface area contributed by atoms with Crippen molar-refractivity contribution in [3.63, 3.8) is 0 Å². The molecule has 2 rings (SSSR count). The van der Waals surface area contributed by atoms with Crippen LogP contribution in [0.5, 0.6) is 5.75 Å². The third kappa shape index (κ3) is 7.19. The van der Waals surface area contributed by atoms with Crippen LogP contribution in [-0.4, -0.2) is 30.6 Å². The van der Waals surface area contributed by atoms with Crippen LogP contribution in [0.2, 0.25) is 10.0 Å². The van der Waals surface area contributed by atoms with Crippen LogP contribution in [0.25, 0.3) is 0 Å². The number of hydrogen-bond donors (Lipinski definition) is 2. The number of rotatable bonds is 8. The molecule has 146 valence electrons. The number of hydrogen-bond acceptors (Lipinski definition) is 3. The fourth-order valence-corrected chi connectivity index (χ4v) is 2.89. The van der Waals surface area contributed by atoms with E-state index in [1.54, 1.807) is 6.20 Å². The Kier molecular flexibility index (Phi) is 8.54. The monoisotopic (exact) mass is 416 g/mol. The number of halogens is 4. The van der Waals surface area contributed by atoms with Crippen LogP contribution in [0, 0.1) is 0 Å². The van der Waals surface area contributed by atoms with E-state index in [0.717, 1.165) is 5.69 Å². The maximum absolute atomic E-state index is 12.6. The lowest BCUT2D eigenvalue weighted by molar-refractivity contribution is -0.0503. The number of guanidine groups is 1. The van der Waals surface area contributed by atoms with Crippen LogP contribution in [0.3, 0.4) is 0 Å². The number of aliphatic imine (C=N–C) groups is 1. The molecule has 0 amide bonds. The summed E-state index contributed by atoms with van der Waals surface area (Å²) in [5.74, 6) is 0.414. The summed E-state index contributed by atoms with van der Waals surface area (Å²) in [6.45, 7) is 0.265. The highest BCUT2D eigenvalue weighted by Crippen LogP contribution is 2.34. The summed E-state index contributed by atoms with van der Waals surface area (Å²) in [4.78, 5) is 8.65. The van der Waals surface area contributed by atoms with Crippen molar-refractivity contribution >= 4 is 29.2 Å². The van der Waals surface area contributed by atoms with Gasteiger partial charge in [0.05, 0.1) is 11.6 Å². The molecule has 0 unspecified atom stereocenters. The second-order valence-electron chi connectivity index (χ2n) is 5.45. The minimum absolute atomic E-state index is 0.0149. The van der Waals surface area contributed by atoms with E-state index in [2.05, 4.69) is 25.3 Å². The van der Waals surface area contributed by atoms with Crippen molar-refractivity contribution < 1.29 is 13.5 Å². The lowest BCUT2D eigenvalue weighted by Gasteiger charge is -2.14. The molecular weight excluding hydrogens is 397 g/mol. The van der Waals surface area contributed by atoms with Crippen LogP contribution in [0.15, 0.2) is 41.5 Å². The van der Waals surface area contributed by atoms with Gasteiger partial charge in [-0.1, -0.05) is 29.3 Å². The van der Waals surface area contributed by atoms with Crippen LogP contribution < -0.4 is 15.4 Å². The molecule has 0 aliphatic rings. The minimum Gasteiger partial charge on any atom is -0.433 e. The summed E-state index contributed by atoms with van der Waals surface area (Å²) >= 11 is 11.9. The van der Waals surface area contributed by atoms with Gasteiger partial charge in [0.15, 0.2) is 5.96 Å². The van der Waals surface area contributed by atoms with Crippen LogP contribution in [0.4, 0.5) is 8.78 Å². The minimum atomic E-state index is -2.99. The SMILES string of the molecule is CCNC(=NCc1cc(Cl)cc(Cl)c1OC(F)F)NCCc1ccccn1. The highest BCUT2D eigenvalue weighted by molar-refractivity contribution is 6.35. The Hall–Kier alpha value is -2.12. The summed E-state index contributed by atoms with van der Waals surface area (Å²) in [6.07, 6.45) is 2.45. The highest BCUT2D eigenvalue weighted by Gasteiger charge is 2.15. The predicted molar refractivity (Wildman–Crippen MR) is 104 cm³/mol. The van der Waals surface area contributed by atoms with Crippen molar-refractivity contribution in [3.8, 4) is 5.75 Å². The van der Waals surface area contributed by atoms with Gasteiger partial charge in [0.1, 0.15) is 5.75 Å². The fraction of sp³-hybridized carbons (Fsp3) is 0.333. The summed E-state index contributed by atoms with van der Waals surface area (Å²) < 4.78 is 29.8. The van der Waals surface area contributed by atoms with Crippen molar-refractivity contribution in [1.82, 2.24) is 15.6 Å². The Bertz CT molecular complexity index is 761. The van der Waals surface area contributed by atoms with Gasteiger partial charge in [-0.15, -0.1) is 0 Å². The maximum atomic E-state index is 12.6. The van der Waals surface area contributed by atoms with Crippen molar-refractivity contribution in [2.75, 3.05) is 13.1 Å². The summed E-state index contributed by atoms with van der Waals surface area (Å²) in [6, 6.07) is 8.58. The molecule has 0 radical (unpaired) electrons. The van der Waals surface area contributed by atoms with E-state index in [-0.39, 0.29) is 17.3 Å². The van der Waals surface area contributed by atoms with Gasteiger partial charge in [-0.3, -0.25) is 4.98 Å². The van der Waals surface area contributed by atoms with Crippen molar-refractivity contribution in [2.45, 2.75) is 26.5 Å². The van der Waals surface area contributed by atoms with E-state index < -0.39 is 6.61 Å². The quantitative estimate of drug-likeness (QED) is 0.497. The molecule has 0 fully saturated rings. The van der Waals surface area contributed by atoms with E-state index in [4.69, 9.17) is 23.2 Å². The Morgan fingerprint density at radius 2 is 2.07 bits per heavy atom. The number of aromatic nitrogens is 1. The number of benzene rings is 1. The normalized spacial score (nSPS) is 11.6. The van der Waals surface area contributed by atoms with Crippen molar-refractivity contribution in [3.05, 3.63) is 57.8 Å². The molecule has 2 aromatic rings. The van der Waals surface area contributed by atoms with E-state index in [1.165, 1.54) is 12.1 Å². The molecule has 0 aliphatic heterocycles. The summed E-state index contributed by atoms with van der Waals surface area (Å²) in [5, 5.41) is 6.60. The molecule has 9 heteroatoms. The molecule has 0 spiro atoms. The maximum Gasteiger partial charge on any atom is 0.387 e. The lowest BCUT2D eigenvalue weighted by atomic mass is 10.2. The fourth-order valence-electron chi connectivity index (χ4n) is 2.31. The van der Waals surface area contributed by atoms with Gasteiger partial charge in [-0.05, 0) is 31.2 Å². The van der Waals surface area contributed by atoms with Crippen molar-refractivity contribution in [1.29, 1.82) is 0 Å². The van der Waals surface area contributed by atoms with Gasteiger partial charge in [-0.2, -0.15) is 8.78 Å². The molecular formula is C18H20Cl2F2N4O. The Morgan fingerprint density at radius 1 is 1.26 bits per heavy atom. The van der Waals surface area contributed by atoms with Gasteiger partial charge >= 0.3 is 6.61 Å². The molecule has 27 heavy (non-hydrogen) atoms. The first-order chi connectivity index (χ1) is 13.0. The van der Waals surface area contributed by atoms with Gasteiger partial charge in [0.25, 0.3) is 0 Å². The van der Waals surface area contributed by atoms with E-state index in [0.29, 0.717) is 36.1 Å². The van der Waals surface area contributed by atoms with Crippen LogP contribution in [-0.2, 0) is 13.0 Å². The van der Waals surface area contributed by atoms with Crippen LogP contribution >= 0.6 is 23.2 Å². The average Bonchev–Trinajstić information content (AvgIpc) is 2.63. The smallest absolute Gasteiger partial charge is 0.387 e. The molecule has 2 N–H and O–H groups in total. The van der Waals surface area contributed by atoms with Crippen molar-refractivity contribution in [2.24, 2.45) is 4.99 Å². The second-order valence-corrected chi connectivity index (χ2v) is 6.29. The summed E-state index contributed by atoms with van der Waals surface area (Å²) in [5.41, 5.74) is 1.32. The largest absolute Gasteiger partial charge is 0.433 e. The highest BCUT2D eigenvalue weighted by atomic mass is 35.5. The topological polar surface area (TPSA) is 58.5 Å². The molecule has 1 aromatic heterocycles. The molecule has 0 saturated carbocycles. The Balaban J connectivity index is 2.07. The number of ether oxygens (including phenoxy) is 1. The lowest BCUT2D eigenvalue weighted by Crippen LogP contribution is -2.38. The zero-order valence-electron chi connectivity index (χ0n) is 14.7. The van der Waals surface area contributed by atoms with E-state index >= 15 is 0 Å². The Labute approximate surface area is 166 Å². The van der Waals surface area contributed by atoms with E-state index in [9.17, 15) is 8.78 Å². The predicted octanol–water partition coefficient (Wildman–Crippen LogP) is 4.29. The molecule has 0 saturated heterocycles. The molecule has 0 bridgehead atoms.